The van der Waals surface area contributed by atoms with Crippen molar-refractivity contribution in [1.82, 2.24) is 4.57 Å². The highest BCUT2D eigenvalue weighted by atomic mass is 79.9. The van der Waals surface area contributed by atoms with Gasteiger partial charge in [-0.25, -0.2) is 4.57 Å². The largest absolute Gasteiger partial charge is 1.00 e. The van der Waals surface area contributed by atoms with Crippen molar-refractivity contribution in [3.63, 3.8) is 0 Å². The molecule has 0 N–H and O–H groups in total. The van der Waals surface area contributed by atoms with Gasteiger partial charge in [-0.15, -0.1) is 0 Å². The number of aromatic nitrogens is 2. The third kappa shape index (κ3) is 2.96. The molecule has 1 aliphatic rings. The third-order valence-corrected chi connectivity index (χ3v) is 4.63. The molecule has 2 aromatic carbocycles. The molecule has 0 aliphatic carbocycles. The van der Waals surface area contributed by atoms with Crippen LogP contribution in [0.5, 0.6) is 5.75 Å². The Labute approximate surface area is 157 Å². The summed E-state index contributed by atoms with van der Waals surface area (Å²) in [4.78, 5) is 0. The summed E-state index contributed by atoms with van der Waals surface area (Å²) in [5, 5.41) is 0.761. The van der Waals surface area contributed by atoms with Crippen LogP contribution >= 0.6 is 11.6 Å². The van der Waals surface area contributed by atoms with Crippen molar-refractivity contribution in [2.75, 3.05) is 7.11 Å². The predicted octanol–water partition coefficient (Wildman–Crippen LogP) is 1.04. The lowest BCUT2D eigenvalue weighted by molar-refractivity contribution is -0.689. The van der Waals surface area contributed by atoms with E-state index < -0.39 is 0 Å². The van der Waals surface area contributed by atoms with E-state index >= 15 is 0 Å². The minimum Gasteiger partial charge on any atom is -1.00 e. The minimum absolute atomic E-state index is 0. The van der Waals surface area contributed by atoms with E-state index in [1.807, 2.05) is 24.3 Å². The number of fused-ring (bicyclic) bond motifs is 1. The van der Waals surface area contributed by atoms with E-state index in [1.54, 1.807) is 7.11 Å². The summed E-state index contributed by atoms with van der Waals surface area (Å²) >= 11 is 6.04. The number of imidazole rings is 1. The van der Waals surface area contributed by atoms with Crippen molar-refractivity contribution < 1.29 is 26.3 Å². The highest BCUT2D eigenvalue weighted by Crippen LogP contribution is 2.28. The SMILES string of the molecule is COc1ccc(-n2c(-c3ccc(Cl)cc3)c[n+]3c2CCC3)cc1.[Br-]. The standard InChI is InChI=1S/C19H18ClN2O.BrH/c1-23-17-10-8-16(9-11-17)22-18(13-21-12-2-3-19(21)22)14-4-6-15(20)7-5-14;/h4-11,13H,2-3,12H2,1H3;1H/q+1;/p-1. The fraction of sp³-hybridized carbons (Fsp3) is 0.211. The summed E-state index contributed by atoms with van der Waals surface area (Å²) in [6.07, 6.45) is 4.54. The molecule has 1 aromatic heterocycles. The van der Waals surface area contributed by atoms with Crippen LogP contribution in [0.3, 0.4) is 0 Å². The number of benzene rings is 2. The van der Waals surface area contributed by atoms with Gasteiger partial charge in [0.25, 0.3) is 5.82 Å². The zero-order chi connectivity index (χ0) is 15.8. The average Bonchev–Trinajstić information content (AvgIpc) is 3.16. The number of aryl methyl sites for hydroxylation is 1. The van der Waals surface area contributed by atoms with Gasteiger partial charge < -0.3 is 21.7 Å². The molecule has 0 unspecified atom stereocenters. The van der Waals surface area contributed by atoms with Crippen LogP contribution in [0.4, 0.5) is 0 Å². The number of nitrogens with zero attached hydrogens (tertiary/aromatic N) is 2. The van der Waals surface area contributed by atoms with Crippen molar-refractivity contribution in [3.05, 3.63) is 65.6 Å². The van der Waals surface area contributed by atoms with Gasteiger partial charge in [0.05, 0.1) is 20.1 Å². The molecule has 0 saturated carbocycles. The van der Waals surface area contributed by atoms with Gasteiger partial charge >= 0.3 is 0 Å². The summed E-state index contributed by atoms with van der Waals surface area (Å²) in [6.45, 7) is 1.08. The van der Waals surface area contributed by atoms with Crippen molar-refractivity contribution in [3.8, 4) is 22.7 Å². The summed E-state index contributed by atoms with van der Waals surface area (Å²) in [6, 6.07) is 16.3. The Kier molecular flexibility index (Phi) is 4.97. The van der Waals surface area contributed by atoms with Crippen LogP contribution in [-0.4, -0.2) is 11.7 Å². The van der Waals surface area contributed by atoms with E-state index in [1.165, 1.54) is 23.5 Å². The van der Waals surface area contributed by atoms with Crippen molar-refractivity contribution in [1.29, 1.82) is 0 Å². The van der Waals surface area contributed by atoms with Gasteiger partial charge in [-0.2, -0.15) is 4.57 Å². The first-order chi connectivity index (χ1) is 11.3. The van der Waals surface area contributed by atoms with Crippen molar-refractivity contribution in [2.45, 2.75) is 19.4 Å². The molecule has 24 heavy (non-hydrogen) atoms. The van der Waals surface area contributed by atoms with Crippen LogP contribution in [0, 0.1) is 0 Å². The third-order valence-electron chi connectivity index (χ3n) is 4.38. The Balaban J connectivity index is 0.00000169. The fourth-order valence-electron chi connectivity index (χ4n) is 3.25. The molecule has 3 nitrogen and oxygen atoms in total. The van der Waals surface area contributed by atoms with Crippen LogP contribution in [-0.2, 0) is 13.0 Å². The molecule has 124 valence electrons. The van der Waals surface area contributed by atoms with Crippen LogP contribution in [0.2, 0.25) is 5.02 Å². The Morgan fingerprint density at radius 1 is 1.04 bits per heavy atom. The molecule has 0 bridgehead atoms. The highest BCUT2D eigenvalue weighted by Gasteiger charge is 2.29. The number of hydrogen-bond donors (Lipinski definition) is 0. The second kappa shape index (κ2) is 6.99. The van der Waals surface area contributed by atoms with E-state index in [2.05, 4.69) is 39.6 Å². The molecule has 0 fully saturated rings. The zero-order valence-corrected chi connectivity index (χ0v) is 15.7. The van der Waals surface area contributed by atoms with Crippen LogP contribution in [0.1, 0.15) is 12.2 Å². The van der Waals surface area contributed by atoms with Gasteiger partial charge in [-0.05, 0) is 55.0 Å². The predicted molar refractivity (Wildman–Crippen MR) is 91.3 cm³/mol. The molecule has 4 rings (SSSR count). The Bertz CT molecular complexity index is 841. The monoisotopic (exact) mass is 404 g/mol. The molecule has 0 saturated heterocycles. The lowest BCUT2D eigenvalue weighted by Gasteiger charge is -2.06. The number of ether oxygens (including phenoxy) is 1. The molecule has 0 atom stereocenters. The lowest BCUT2D eigenvalue weighted by Crippen LogP contribution is -3.00. The second-order valence-electron chi connectivity index (χ2n) is 5.77. The first kappa shape index (κ1) is 17.1. The molecule has 0 amide bonds. The van der Waals surface area contributed by atoms with Crippen LogP contribution < -0.4 is 26.3 Å². The first-order valence-electron chi connectivity index (χ1n) is 7.81. The summed E-state index contributed by atoms with van der Waals surface area (Å²) in [5.41, 5.74) is 3.53. The topological polar surface area (TPSA) is 18.0 Å². The molecular formula is C19H18BrClN2O. The molecule has 0 radical (unpaired) electrons. The second-order valence-corrected chi connectivity index (χ2v) is 6.20. The van der Waals surface area contributed by atoms with Crippen molar-refractivity contribution >= 4 is 11.6 Å². The molecule has 2 heterocycles. The van der Waals surface area contributed by atoms with Gasteiger partial charge in [0.2, 0.25) is 0 Å². The number of methoxy groups -OCH3 is 1. The Morgan fingerprint density at radius 2 is 1.75 bits per heavy atom. The van der Waals surface area contributed by atoms with E-state index in [0.717, 1.165) is 29.4 Å². The number of rotatable bonds is 3. The van der Waals surface area contributed by atoms with E-state index in [0.29, 0.717) is 0 Å². The van der Waals surface area contributed by atoms with Crippen LogP contribution in [0.15, 0.2) is 54.7 Å². The normalized spacial score (nSPS) is 12.6. The van der Waals surface area contributed by atoms with Gasteiger partial charge in [-0.3, -0.25) is 0 Å². The lowest BCUT2D eigenvalue weighted by atomic mass is 10.1. The average molecular weight is 406 g/mol. The van der Waals surface area contributed by atoms with E-state index in [-0.39, 0.29) is 17.0 Å². The smallest absolute Gasteiger partial charge is 0.262 e. The highest BCUT2D eigenvalue weighted by molar-refractivity contribution is 6.30. The Hall–Kier alpha value is -1.78. The minimum atomic E-state index is 0. The first-order valence-corrected chi connectivity index (χ1v) is 8.18. The maximum Gasteiger partial charge on any atom is 0.262 e. The zero-order valence-electron chi connectivity index (χ0n) is 13.4. The molecule has 0 spiro atoms. The van der Waals surface area contributed by atoms with Gasteiger partial charge in [0.15, 0.2) is 5.69 Å². The number of halogens is 2. The van der Waals surface area contributed by atoms with E-state index in [4.69, 9.17) is 16.3 Å². The van der Waals surface area contributed by atoms with Gasteiger partial charge in [-0.1, -0.05) is 11.6 Å². The maximum absolute atomic E-state index is 6.04. The number of hydrogen-bond acceptors (Lipinski definition) is 1. The Morgan fingerprint density at radius 3 is 2.42 bits per heavy atom. The van der Waals surface area contributed by atoms with Gasteiger partial charge in [0, 0.05) is 10.6 Å². The molecule has 5 heteroatoms. The quantitative estimate of drug-likeness (QED) is 0.596. The fourth-order valence-corrected chi connectivity index (χ4v) is 3.37. The summed E-state index contributed by atoms with van der Waals surface area (Å²) in [7, 11) is 1.69. The van der Waals surface area contributed by atoms with Crippen molar-refractivity contribution in [2.24, 2.45) is 0 Å². The molecule has 3 aromatic rings. The molecule has 1 aliphatic heterocycles. The van der Waals surface area contributed by atoms with Gasteiger partial charge in [0.1, 0.15) is 17.6 Å². The summed E-state index contributed by atoms with van der Waals surface area (Å²) < 4.78 is 9.98. The summed E-state index contributed by atoms with van der Waals surface area (Å²) in [5.74, 6) is 2.22. The van der Waals surface area contributed by atoms with Crippen LogP contribution in [0.25, 0.3) is 16.9 Å². The molecular weight excluding hydrogens is 388 g/mol. The van der Waals surface area contributed by atoms with E-state index in [9.17, 15) is 0 Å². The maximum atomic E-state index is 6.04.